The Morgan fingerprint density at radius 1 is 0.900 bits per heavy atom. The van der Waals surface area contributed by atoms with E-state index in [0.717, 1.165) is 12.8 Å². The quantitative estimate of drug-likeness (QED) is 0.516. The Morgan fingerprint density at radius 2 is 1.50 bits per heavy atom. The molecule has 30 heavy (non-hydrogen) atoms. The number of carbonyl (C=O) groups is 3. The highest BCUT2D eigenvalue weighted by Crippen LogP contribution is 2.12. The van der Waals surface area contributed by atoms with Crippen molar-refractivity contribution in [1.29, 1.82) is 0 Å². The van der Waals surface area contributed by atoms with Gasteiger partial charge in [0, 0.05) is 23.0 Å². The van der Waals surface area contributed by atoms with Crippen LogP contribution >= 0.6 is 0 Å². The van der Waals surface area contributed by atoms with E-state index < -0.39 is 0 Å². The van der Waals surface area contributed by atoms with Crippen molar-refractivity contribution in [2.24, 2.45) is 0 Å². The zero-order valence-corrected chi connectivity index (χ0v) is 17.7. The van der Waals surface area contributed by atoms with E-state index in [9.17, 15) is 14.4 Å². The Balaban J connectivity index is 1.81. The topological polar surface area (TPSA) is 96.5 Å². The maximum atomic E-state index is 12.2. The molecule has 2 amide bonds. The van der Waals surface area contributed by atoms with Crippen LogP contribution in [0.25, 0.3) is 0 Å². The Bertz CT molecular complexity index is 848. The molecule has 1 atom stereocenters. The van der Waals surface area contributed by atoms with Gasteiger partial charge in [-0.1, -0.05) is 13.8 Å². The van der Waals surface area contributed by atoms with Crippen molar-refractivity contribution in [2.75, 3.05) is 23.8 Å². The smallest absolute Gasteiger partial charge is 0.338 e. The Labute approximate surface area is 177 Å². The van der Waals surface area contributed by atoms with Crippen molar-refractivity contribution in [3.8, 4) is 0 Å². The second kappa shape index (κ2) is 11.6. The van der Waals surface area contributed by atoms with Crippen LogP contribution in [0.15, 0.2) is 48.5 Å². The van der Waals surface area contributed by atoms with Gasteiger partial charge in [0.15, 0.2) is 0 Å². The molecule has 0 heterocycles. The summed E-state index contributed by atoms with van der Waals surface area (Å²) in [6.45, 7) is 6.35. The summed E-state index contributed by atoms with van der Waals surface area (Å²) in [5, 5.41) is 8.68. The van der Waals surface area contributed by atoms with Crippen LogP contribution in [-0.4, -0.2) is 37.0 Å². The minimum atomic E-state index is -0.359. The van der Waals surface area contributed by atoms with Gasteiger partial charge >= 0.3 is 5.97 Å². The summed E-state index contributed by atoms with van der Waals surface area (Å²) in [4.78, 5) is 36.0. The number of anilines is 2. The van der Waals surface area contributed by atoms with Crippen molar-refractivity contribution in [1.82, 2.24) is 5.32 Å². The summed E-state index contributed by atoms with van der Waals surface area (Å²) in [6.07, 6.45) is 1.63. The van der Waals surface area contributed by atoms with E-state index >= 15 is 0 Å². The fourth-order valence-corrected chi connectivity index (χ4v) is 2.50. The summed E-state index contributed by atoms with van der Waals surface area (Å²) in [7, 11) is 0. The van der Waals surface area contributed by atoms with Crippen LogP contribution in [0.2, 0.25) is 0 Å². The Hall–Kier alpha value is -3.35. The molecule has 160 valence electrons. The fraction of sp³-hybridized carbons (Fsp3) is 0.348. The van der Waals surface area contributed by atoms with Gasteiger partial charge < -0.3 is 20.7 Å². The Morgan fingerprint density at radius 3 is 2.10 bits per heavy atom. The average molecular weight is 412 g/mol. The standard InChI is InChI=1S/C23H29N3O4/c1-4-14-30-23(29)18-8-10-19(11-9-18)24-15-21(27)26-20-12-6-17(7-13-20)22(28)25-16(3)5-2/h6-13,16,24H,4-5,14-15H2,1-3H3,(H,25,28)(H,26,27). The minimum Gasteiger partial charge on any atom is -0.462 e. The monoisotopic (exact) mass is 411 g/mol. The third-order valence-electron chi connectivity index (χ3n) is 4.43. The van der Waals surface area contributed by atoms with Crippen LogP contribution < -0.4 is 16.0 Å². The molecule has 2 aromatic rings. The SMILES string of the molecule is CCCOC(=O)c1ccc(NCC(=O)Nc2ccc(C(=O)NC(C)CC)cc2)cc1. The van der Waals surface area contributed by atoms with Gasteiger partial charge in [-0.25, -0.2) is 4.79 Å². The molecular formula is C23H29N3O4. The molecule has 1 unspecified atom stereocenters. The van der Waals surface area contributed by atoms with Crippen LogP contribution in [0.3, 0.4) is 0 Å². The molecule has 0 spiro atoms. The third-order valence-corrected chi connectivity index (χ3v) is 4.43. The summed E-state index contributed by atoms with van der Waals surface area (Å²) in [5.74, 6) is -0.716. The van der Waals surface area contributed by atoms with Gasteiger partial charge in [0.2, 0.25) is 5.91 Å². The maximum absolute atomic E-state index is 12.2. The normalized spacial score (nSPS) is 11.3. The molecule has 0 aromatic heterocycles. The molecule has 3 N–H and O–H groups in total. The maximum Gasteiger partial charge on any atom is 0.338 e. The zero-order valence-electron chi connectivity index (χ0n) is 17.7. The van der Waals surface area contributed by atoms with Gasteiger partial charge in [-0.05, 0) is 68.3 Å². The van der Waals surface area contributed by atoms with Crippen LogP contribution in [0.4, 0.5) is 11.4 Å². The largest absolute Gasteiger partial charge is 0.462 e. The average Bonchev–Trinajstić information content (AvgIpc) is 2.76. The van der Waals surface area contributed by atoms with Gasteiger partial charge in [-0.2, -0.15) is 0 Å². The molecule has 0 saturated carbocycles. The van der Waals surface area contributed by atoms with E-state index in [1.807, 2.05) is 20.8 Å². The number of hydrogen-bond donors (Lipinski definition) is 3. The van der Waals surface area contributed by atoms with Gasteiger partial charge in [0.1, 0.15) is 0 Å². The lowest BCUT2D eigenvalue weighted by Gasteiger charge is -2.12. The number of nitrogens with one attached hydrogen (secondary N) is 3. The Kier molecular flexibility index (Phi) is 8.87. The van der Waals surface area contributed by atoms with Crippen molar-refractivity contribution in [3.05, 3.63) is 59.7 Å². The zero-order chi connectivity index (χ0) is 21.9. The van der Waals surface area contributed by atoms with Gasteiger partial charge in [-0.3, -0.25) is 9.59 Å². The lowest BCUT2D eigenvalue weighted by Crippen LogP contribution is -2.31. The second-order valence-electron chi connectivity index (χ2n) is 6.98. The molecule has 0 fully saturated rings. The highest BCUT2D eigenvalue weighted by molar-refractivity contribution is 5.97. The van der Waals surface area contributed by atoms with Gasteiger partial charge in [-0.15, -0.1) is 0 Å². The highest BCUT2D eigenvalue weighted by atomic mass is 16.5. The predicted molar refractivity (Wildman–Crippen MR) is 118 cm³/mol. The molecule has 0 radical (unpaired) electrons. The minimum absolute atomic E-state index is 0.0654. The lowest BCUT2D eigenvalue weighted by atomic mass is 10.1. The van der Waals surface area contributed by atoms with Crippen LogP contribution in [0, 0.1) is 0 Å². The van der Waals surface area contributed by atoms with Gasteiger partial charge in [0.05, 0.1) is 18.7 Å². The molecule has 2 rings (SSSR count). The van der Waals surface area contributed by atoms with Crippen molar-refractivity contribution >= 4 is 29.2 Å². The number of benzene rings is 2. The lowest BCUT2D eigenvalue weighted by molar-refractivity contribution is -0.114. The number of hydrogen-bond acceptors (Lipinski definition) is 5. The number of esters is 1. The number of amides is 2. The summed E-state index contributed by atoms with van der Waals surface area (Å²) < 4.78 is 5.08. The van der Waals surface area contributed by atoms with Crippen molar-refractivity contribution < 1.29 is 19.1 Å². The predicted octanol–water partition coefficient (Wildman–Crippen LogP) is 3.83. The molecule has 0 bridgehead atoms. The number of ether oxygens (including phenoxy) is 1. The molecule has 7 nitrogen and oxygen atoms in total. The first-order chi connectivity index (χ1) is 14.4. The van der Waals surface area contributed by atoms with Crippen LogP contribution in [0.5, 0.6) is 0 Å². The number of carbonyl (C=O) groups excluding carboxylic acids is 3. The molecule has 2 aromatic carbocycles. The molecule has 0 aliphatic heterocycles. The van der Waals surface area contributed by atoms with Crippen molar-refractivity contribution in [2.45, 2.75) is 39.7 Å². The van der Waals surface area contributed by atoms with E-state index in [4.69, 9.17) is 4.74 Å². The molecule has 7 heteroatoms. The van der Waals surface area contributed by atoms with E-state index in [2.05, 4.69) is 16.0 Å². The van der Waals surface area contributed by atoms with Crippen molar-refractivity contribution in [3.63, 3.8) is 0 Å². The first kappa shape index (κ1) is 22.9. The third kappa shape index (κ3) is 7.24. The fourth-order valence-electron chi connectivity index (χ4n) is 2.50. The molecular weight excluding hydrogens is 382 g/mol. The summed E-state index contributed by atoms with van der Waals surface area (Å²) in [5.41, 5.74) is 2.34. The highest BCUT2D eigenvalue weighted by Gasteiger charge is 2.10. The molecule has 0 aliphatic rings. The van der Waals surface area contributed by atoms with E-state index in [-0.39, 0.29) is 30.4 Å². The van der Waals surface area contributed by atoms with E-state index in [1.54, 1.807) is 48.5 Å². The summed E-state index contributed by atoms with van der Waals surface area (Å²) in [6, 6.07) is 13.6. The van der Waals surface area contributed by atoms with E-state index in [1.165, 1.54) is 0 Å². The molecule has 0 aliphatic carbocycles. The second-order valence-corrected chi connectivity index (χ2v) is 6.98. The first-order valence-electron chi connectivity index (χ1n) is 10.1. The first-order valence-corrected chi connectivity index (χ1v) is 10.1. The van der Waals surface area contributed by atoms with Crippen LogP contribution in [-0.2, 0) is 9.53 Å². The van der Waals surface area contributed by atoms with Crippen LogP contribution in [0.1, 0.15) is 54.3 Å². The molecule has 0 saturated heterocycles. The van der Waals surface area contributed by atoms with Gasteiger partial charge in [0.25, 0.3) is 5.91 Å². The summed E-state index contributed by atoms with van der Waals surface area (Å²) >= 11 is 0. The number of rotatable bonds is 10. The van der Waals surface area contributed by atoms with E-state index in [0.29, 0.717) is 29.1 Å².